The van der Waals surface area contributed by atoms with Crippen molar-refractivity contribution in [2.24, 2.45) is 10.7 Å². The maximum absolute atomic E-state index is 6.44. The fourth-order valence-electron chi connectivity index (χ4n) is 2.91. The molecule has 23 heavy (non-hydrogen) atoms. The molecule has 0 aliphatic carbocycles. The molecule has 6 heteroatoms. The molecule has 2 aliphatic rings. The topological polar surface area (TPSA) is 77.7 Å². The standard InChI is InChI=1S/C17H26N6/c1-14-5-2-6-15(13-14)17(18)20-10-7-16(22-17)19-8-3-11-23-12-4-9-21-23/h2,5-7,10,13,19,21-22H,3-4,8-9,11-12,18H2,1H3. The van der Waals surface area contributed by atoms with E-state index in [1.807, 2.05) is 18.2 Å². The molecular weight excluding hydrogens is 288 g/mol. The number of allylic oxidation sites excluding steroid dienone is 1. The number of rotatable bonds is 6. The van der Waals surface area contributed by atoms with Gasteiger partial charge < -0.3 is 10.6 Å². The zero-order valence-electron chi connectivity index (χ0n) is 13.7. The van der Waals surface area contributed by atoms with Gasteiger partial charge in [0.2, 0.25) is 5.79 Å². The lowest BCUT2D eigenvalue weighted by atomic mass is 10.1. The van der Waals surface area contributed by atoms with Crippen LogP contribution in [0.2, 0.25) is 0 Å². The van der Waals surface area contributed by atoms with Gasteiger partial charge in [0.15, 0.2) is 0 Å². The Labute approximate surface area is 137 Å². The van der Waals surface area contributed by atoms with Crippen LogP contribution < -0.4 is 21.8 Å². The molecule has 6 nitrogen and oxygen atoms in total. The van der Waals surface area contributed by atoms with Gasteiger partial charge in [-0.25, -0.2) is 10.0 Å². The summed E-state index contributed by atoms with van der Waals surface area (Å²) in [5.74, 6) is 0.0120. The lowest BCUT2D eigenvalue weighted by molar-refractivity contribution is 0.249. The first-order chi connectivity index (χ1) is 11.2. The second kappa shape index (κ2) is 7.12. The molecule has 1 atom stereocenters. The first kappa shape index (κ1) is 16.0. The molecule has 0 saturated carbocycles. The summed E-state index contributed by atoms with van der Waals surface area (Å²) in [7, 11) is 0. The van der Waals surface area contributed by atoms with Crippen LogP contribution in [0.25, 0.3) is 0 Å². The highest BCUT2D eigenvalue weighted by atomic mass is 15.5. The van der Waals surface area contributed by atoms with Crippen molar-refractivity contribution in [2.75, 3.05) is 26.2 Å². The molecule has 3 rings (SSSR count). The zero-order valence-corrected chi connectivity index (χ0v) is 13.7. The van der Waals surface area contributed by atoms with Crippen LogP contribution in [0.1, 0.15) is 24.0 Å². The number of benzene rings is 1. The number of nitrogens with one attached hydrogen (secondary N) is 3. The Balaban J connectivity index is 1.51. The summed E-state index contributed by atoms with van der Waals surface area (Å²) >= 11 is 0. The molecule has 1 aromatic carbocycles. The van der Waals surface area contributed by atoms with Crippen LogP contribution in [0.4, 0.5) is 0 Å². The molecule has 1 aromatic rings. The molecule has 0 radical (unpaired) electrons. The van der Waals surface area contributed by atoms with E-state index in [4.69, 9.17) is 5.73 Å². The highest BCUT2D eigenvalue weighted by Gasteiger charge is 2.28. The molecule has 2 aliphatic heterocycles. The first-order valence-electron chi connectivity index (χ1n) is 8.28. The number of hydrogen-bond donors (Lipinski definition) is 4. The van der Waals surface area contributed by atoms with Crippen molar-refractivity contribution >= 4 is 6.21 Å². The van der Waals surface area contributed by atoms with Crippen molar-refractivity contribution in [1.29, 1.82) is 0 Å². The maximum atomic E-state index is 6.44. The smallest absolute Gasteiger partial charge is 0.210 e. The third-order valence-electron chi connectivity index (χ3n) is 4.16. The summed E-state index contributed by atoms with van der Waals surface area (Å²) in [6.07, 6.45) is 6.01. The average molecular weight is 314 g/mol. The number of hydrogen-bond acceptors (Lipinski definition) is 6. The van der Waals surface area contributed by atoms with Crippen LogP contribution in [0.15, 0.2) is 41.2 Å². The first-order valence-corrected chi connectivity index (χ1v) is 8.28. The fraction of sp³-hybridized carbons (Fsp3) is 0.471. The van der Waals surface area contributed by atoms with E-state index in [2.05, 4.69) is 45.1 Å². The van der Waals surface area contributed by atoms with Crippen molar-refractivity contribution in [3.63, 3.8) is 0 Å². The monoisotopic (exact) mass is 314 g/mol. The number of nitrogens with two attached hydrogens (primary N) is 1. The summed E-state index contributed by atoms with van der Waals surface area (Å²) in [4.78, 5) is 4.42. The van der Waals surface area contributed by atoms with Gasteiger partial charge in [0.1, 0.15) is 5.82 Å². The lowest BCUT2D eigenvalue weighted by Crippen LogP contribution is -2.52. The Morgan fingerprint density at radius 1 is 1.43 bits per heavy atom. The predicted octanol–water partition coefficient (Wildman–Crippen LogP) is 0.769. The minimum Gasteiger partial charge on any atom is -0.372 e. The van der Waals surface area contributed by atoms with Gasteiger partial charge in [0, 0.05) is 38.0 Å². The van der Waals surface area contributed by atoms with Gasteiger partial charge in [-0.2, -0.15) is 0 Å². The van der Waals surface area contributed by atoms with Crippen molar-refractivity contribution < 1.29 is 0 Å². The van der Waals surface area contributed by atoms with Crippen LogP contribution in [-0.2, 0) is 5.79 Å². The molecule has 5 N–H and O–H groups in total. The highest BCUT2D eigenvalue weighted by molar-refractivity contribution is 5.73. The third-order valence-corrected chi connectivity index (χ3v) is 4.16. The molecule has 2 heterocycles. The molecule has 1 fully saturated rings. The van der Waals surface area contributed by atoms with E-state index in [-0.39, 0.29) is 0 Å². The van der Waals surface area contributed by atoms with Crippen LogP contribution in [0.3, 0.4) is 0 Å². The largest absolute Gasteiger partial charge is 0.372 e. The summed E-state index contributed by atoms with van der Waals surface area (Å²) < 4.78 is 0. The SMILES string of the molecule is Cc1cccc(C2(N)N=CC=C(NCCCN3CCCN3)N2)c1. The van der Waals surface area contributed by atoms with Crippen molar-refractivity contribution in [2.45, 2.75) is 25.6 Å². The number of nitrogens with zero attached hydrogens (tertiary/aromatic N) is 2. The van der Waals surface area contributed by atoms with Gasteiger partial charge in [-0.1, -0.05) is 29.8 Å². The summed E-state index contributed by atoms with van der Waals surface area (Å²) in [5.41, 5.74) is 11.9. The predicted molar refractivity (Wildman–Crippen MR) is 93.6 cm³/mol. The zero-order chi connectivity index (χ0) is 16.1. The Hall–Kier alpha value is -1.89. The van der Waals surface area contributed by atoms with Crippen molar-refractivity contribution in [1.82, 2.24) is 21.1 Å². The second-order valence-corrected chi connectivity index (χ2v) is 6.15. The van der Waals surface area contributed by atoms with Crippen LogP contribution >= 0.6 is 0 Å². The second-order valence-electron chi connectivity index (χ2n) is 6.15. The van der Waals surface area contributed by atoms with E-state index >= 15 is 0 Å². The van der Waals surface area contributed by atoms with E-state index in [0.29, 0.717) is 0 Å². The fourth-order valence-corrected chi connectivity index (χ4v) is 2.91. The van der Waals surface area contributed by atoms with Gasteiger partial charge in [-0.3, -0.25) is 11.2 Å². The quantitative estimate of drug-likeness (QED) is 0.584. The molecule has 0 bridgehead atoms. The minimum absolute atomic E-state index is 0.898. The van der Waals surface area contributed by atoms with E-state index in [1.165, 1.54) is 12.0 Å². The molecular formula is C17H26N6. The summed E-state index contributed by atoms with van der Waals surface area (Å²) in [6.45, 7) is 6.26. The normalized spacial score (nSPS) is 24.3. The van der Waals surface area contributed by atoms with E-state index in [0.717, 1.165) is 44.0 Å². The Kier molecular flexibility index (Phi) is 4.95. The van der Waals surface area contributed by atoms with Crippen molar-refractivity contribution in [3.8, 4) is 0 Å². The third kappa shape index (κ3) is 4.10. The Morgan fingerprint density at radius 3 is 3.13 bits per heavy atom. The van der Waals surface area contributed by atoms with Gasteiger partial charge in [0.25, 0.3) is 0 Å². The molecule has 1 saturated heterocycles. The number of aryl methyl sites for hydroxylation is 1. The van der Waals surface area contributed by atoms with Gasteiger partial charge in [0.05, 0.1) is 0 Å². The Bertz CT molecular complexity index is 591. The molecule has 124 valence electrons. The van der Waals surface area contributed by atoms with E-state index in [1.54, 1.807) is 6.21 Å². The van der Waals surface area contributed by atoms with Gasteiger partial charge in [-0.05, 0) is 25.8 Å². The highest BCUT2D eigenvalue weighted by Crippen LogP contribution is 2.20. The van der Waals surface area contributed by atoms with Crippen molar-refractivity contribution in [3.05, 3.63) is 47.3 Å². The van der Waals surface area contributed by atoms with Gasteiger partial charge in [-0.15, -0.1) is 0 Å². The number of aliphatic imine (C=N–C) groups is 1. The molecule has 0 amide bonds. The Morgan fingerprint density at radius 2 is 2.35 bits per heavy atom. The molecule has 0 aromatic heterocycles. The van der Waals surface area contributed by atoms with Crippen LogP contribution in [0.5, 0.6) is 0 Å². The summed E-state index contributed by atoms with van der Waals surface area (Å²) in [5, 5.41) is 9.00. The average Bonchev–Trinajstić information content (AvgIpc) is 3.05. The lowest BCUT2D eigenvalue weighted by Gasteiger charge is -2.32. The molecule has 0 spiro atoms. The number of hydrazine groups is 1. The van der Waals surface area contributed by atoms with Crippen LogP contribution in [0, 0.1) is 6.92 Å². The van der Waals surface area contributed by atoms with E-state index < -0.39 is 5.79 Å². The summed E-state index contributed by atoms with van der Waals surface area (Å²) in [6, 6.07) is 8.12. The van der Waals surface area contributed by atoms with E-state index in [9.17, 15) is 0 Å². The maximum Gasteiger partial charge on any atom is 0.210 e. The van der Waals surface area contributed by atoms with Gasteiger partial charge >= 0.3 is 0 Å². The van der Waals surface area contributed by atoms with Crippen LogP contribution in [-0.4, -0.2) is 37.4 Å². The minimum atomic E-state index is -0.903. The molecule has 1 unspecified atom stereocenters.